The van der Waals surface area contributed by atoms with Gasteiger partial charge in [0.05, 0.1) is 0 Å². The number of aliphatic hydroxyl groups excluding tert-OH is 1. The predicted molar refractivity (Wildman–Crippen MR) is 61.3 cm³/mol. The maximum absolute atomic E-state index is 9.07. The van der Waals surface area contributed by atoms with Gasteiger partial charge in [0, 0.05) is 6.61 Å². The van der Waals surface area contributed by atoms with Gasteiger partial charge in [0.1, 0.15) is 0 Å². The third kappa shape index (κ3) is 4.00. The van der Waals surface area contributed by atoms with Crippen LogP contribution in [-0.2, 0) is 0 Å². The Morgan fingerprint density at radius 2 is 1.86 bits per heavy atom. The Morgan fingerprint density at radius 1 is 1.14 bits per heavy atom. The molecular weight excluding hydrogens is 172 g/mol. The summed E-state index contributed by atoms with van der Waals surface area (Å²) in [5.74, 6) is 1.75. The highest BCUT2D eigenvalue weighted by atomic mass is 16.3. The third-order valence-electron chi connectivity index (χ3n) is 3.74. The van der Waals surface area contributed by atoms with E-state index in [1.54, 1.807) is 0 Å². The third-order valence-corrected chi connectivity index (χ3v) is 3.74. The molecule has 0 amide bonds. The second-order valence-corrected chi connectivity index (χ2v) is 4.81. The van der Waals surface area contributed by atoms with Gasteiger partial charge in [-0.15, -0.1) is 0 Å². The standard InChI is InChI=1S/C13H26O/c1-2-3-7-13(10-11-14)12-8-5-4-6-9-12/h12-14H,2-11H2,1H3. The highest BCUT2D eigenvalue weighted by molar-refractivity contribution is 4.74. The van der Waals surface area contributed by atoms with Crippen molar-refractivity contribution >= 4 is 0 Å². The van der Waals surface area contributed by atoms with Crippen LogP contribution < -0.4 is 0 Å². The highest BCUT2D eigenvalue weighted by Crippen LogP contribution is 2.34. The van der Waals surface area contributed by atoms with Crippen LogP contribution in [0.5, 0.6) is 0 Å². The summed E-state index contributed by atoms with van der Waals surface area (Å²) in [6, 6.07) is 0. The van der Waals surface area contributed by atoms with Crippen LogP contribution in [0.25, 0.3) is 0 Å². The van der Waals surface area contributed by atoms with E-state index in [4.69, 9.17) is 5.11 Å². The number of unbranched alkanes of at least 4 members (excludes halogenated alkanes) is 1. The molecule has 1 atom stereocenters. The Morgan fingerprint density at radius 3 is 2.43 bits per heavy atom. The van der Waals surface area contributed by atoms with Crippen LogP contribution in [0, 0.1) is 11.8 Å². The van der Waals surface area contributed by atoms with Gasteiger partial charge >= 0.3 is 0 Å². The SMILES string of the molecule is CCCCC(CCO)C1CCCCC1. The van der Waals surface area contributed by atoms with Gasteiger partial charge in [-0.1, -0.05) is 58.3 Å². The van der Waals surface area contributed by atoms with E-state index < -0.39 is 0 Å². The molecule has 0 bridgehead atoms. The Hall–Kier alpha value is -0.0400. The molecule has 0 aromatic heterocycles. The van der Waals surface area contributed by atoms with Gasteiger partial charge in [0.25, 0.3) is 0 Å². The molecule has 0 aromatic carbocycles. The van der Waals surface area contributed by atoms with Gasteiger partial charge in [-0.05, 0) is 18.3 Å². The first-order valence-corrected chi connectivity index (χ1v) is 6.49. The van der Waals surface area contributed by atoms with E-state index in [2.05, 4.69) is 6.92 Å². The first kappa shape index (κ1) is 12.0. The van der Waals surface area contributed by atoms with E-state index in [9.17, 15) is 0 Å². The van der Waals surface area contributed by atoms with E-state index >= 15 is 0 Å². The monoisotopic (exact) mass is 198 g/mol. The fourth-order valence-electron chi connectivity index (χ4n) is 2.85. The molecule has 1 aliphatic carbocycles. The molecule has 1 N–H and O–H groups in total. The van der Waals surface area contributed by atoms with Gasteiger partial charge in [0.2, 0.25) is 0 Å². The molecule has 1 unspecified atom stereocenters. The zero-order valence-electron chi connectivity index (χ0n) is 9.67. The van der Waals surface area contributed by atoms with Crippen LogP contribution in [0.2, 0.25) is 0 Å². The maximum Gasteiger partial charge on any atom is 0.0433 e. The van der Waals surface area contributed by atoms with E-state index in [-0.39, 0.29) is 0 Å². The van der Waals surface area contributed by atoms with Crippen molar-refractivity contribution in [3.8, 4) is 0 Å². The van der Waals surface area contributed by atoms with Gasteiger partial charge in [-0.3, -0.25) is 0 Å². The van der Waals surface area contributed by atoms with Crippen molar-refractivity contribution in [2.75, 3.05) is 6.61 Å². The first-order valence-electron chi connectivity index (χ1n) is 6.49. The van der Waals surface area contributed by atoms with Gasteiger partial charge in [0.15, 0.2) is 0 Å². The molecule has 1 rings (SSSR count). The van der Waals surface area contributed by atoms with Gasteiger partial charge in [-0.2, -0.15) is 0 Å². The number of rotatable bonds is 6. The van der Waals surface area contributed by atoms with Gasteiger partial charge < -0.3 is 5.11 Å². The normalized spacial score (nSPS) is 21.0. The molecular formula is C13H26O. The number of hydrogen-bond acceptors (Lipinski definition) is 1. The summed E-state index contributed by atoms with van der Waals surface area (Å²) in [6.45, 7) is 2.65. The molecule has 1 fully saturated rings. The van der Waals surface area contributed by atoms with Crippen molar-refractivity contribution in [2.24, 2.45) is 11.8 Å². The fraction of sp³-hybridized carbons (Fsp3) is 1.00. The van der Waals surface area contributed by atoms with Crippen LogP contribution in [0.4, 0.5) is 0 Å². The molecule has 1 aliphatic rings. The van der Waals surface area contributed by atoms with E-state index in [0.29, 0.717) is 6.61 Å². The van der Waals surface area contributed by atoms with Crippen LogP contribution >= 0.6 is 0 Å². The van der Waals surface area contributed by atoms with Crippen molar-refractivity contribution in [1.82, 2.24) is 0 Å². The summed E-state index contributed by atoms with van der Waals surface area (Å²) in [5.41, 5.74) is 0. The highest BCUT2D eigenvalue weighted by Gasteiger charge is 2.22. The average Bonchev–Trinajstić information content (AvgIpc) is 2.25. The minimum atomic E-state index is 0.394. The number of aliphatic hydroxyl groups is 1. The van der Waals surface area contributed by atoms with Crippen molar-refractivity contribution in [3.05, 3.63) is 0 Å². The fourth-order valence-corrected chi connectivity index (χ4v) is 2.85. The first-order chi connectivity index (χ1) is 6.88. The zero-order chi connectivity index (χ0) is 10.2. The Balaban J connectivity index is 2.30. The summed E-state index contributed by atoms with van der Waals surface area (Å²) in [4.78, 5) is 0. The van der Waals surface area contributed by atoms with Crippen molar-refractivity contribution < 1.29 is 5.11 Å². The second kappa shape index (κ2) is 7.28. The van der Waals surface area contributed by atoms with Crippen LogP contribution in [0.15, 0.2) is 0 Å². The van der Waals surface area contributed by atoms with E-state index in [0.717, 1.165) is 18.3 Å². The lowest BCUT2D eigenvalue weighted by Gasteiger charge is -2.30. The summed E-state index contributed by atoms with van der Waals surface area (Å²) in [5, 5.41) is 9.07. The Labute approximate surface area is 88.9 Å². The average molecular weight is 198 g/mol. The quantitative estimate of drug-likeness (QED) is 0.689. The second-order valence-electron chi connectivity index (χ2n) is 4.81. The molecule has 0 spiro atoms. The van der Waals surface area contributed by atoms with Crippen molar-refractivity contribution in [2.45, 2.75) is 64.7 Å². The molecule has 0 aromatic rings. The van der Waals surface area contributed by atoms with Crippen LogP contribution in [0.3, 0.4) is 0 Å². The van der Waals surface area contributed by atoms with Crippen molar-refractivity contribution in [1.29, 1.82) is 0 Å². The molecule has 0 heterocycles. The molecule has 0 saturated heterocycles. The Bertz CT molecular complexity index is 127. The lowest BCUT2D eigenvalue weighted by Crippen LogP contribution is -2.19. The lowest BCUT2D eigenvalue weighted by molar-refractivity contribution is 0.176. The van der Waals surface area contributed by atoms with E-state index in [1.807, 2.05) is 0 Å². The Kier molecular flexibility index (Phi) is 6.25. The van der Waals surface area contributed by atoms with Crippen LogP contribution in [-0.4, -0.2) is 11.7 Å². The number of hydrogen-bond donors (Lipinski definition) is 1. The van der Waals surface area contributed by atoms with Crippen LogP contribution in [0.1, 0.15) is 64.7 Å². The molecule has 1 saturated carbocycles. The smallest absolute Gasteiger partial charge is 0.0433 e. The molecule has 1 nitrogen and oxygen atoms in total. The molecule has 14 heavy (non-hydrogen) atoms. The summed E-state index contributed by atoms with van der Waals surface area (Å²) in [7, 11) is 0. The van der Waals surface area contributed by atoms with Gasteiger partial charge in [-0.25, -0.2) is 0 Å². The molecule has 1 heteroatoms. The topological polar surface area (TPSA) is 20.2 Å². The lowest BCUT2D eigenvalue weighted by atomic mass is 9.76. The van der Waals surface area contributed by atoms with Crippen molar-refractivity contribution in [3.63, 3.8) is 0 Å². The minimum absolute atomic E-state index is 0.394. The predicted octanol–water partition coefficient (Wildman–Crippen LogP) is 3.76. The molecule has 0 radical (unpaired) electrons. The maximum atomic E-state index is 9.07. The largest absolute Gasteiger partial charge is 0.396 e. The summed E-state index contributed by atoms with van der Waals surface area (Å²) in [6.07, 6.45) is 12.2. The minimum Gasteiger partial charge on any atom is -0.396 e. The molecule has 84 valence electrons. The summed E-state index contributed by atoms with van der Waals surface area (Å²) >= 11 is 0. The summed E-state index contributed by atoms with van der Waals surface area (Å²) < 4.78 is 0. The van der Waals surface area contributed by atoms with E-state index in [1.165, 1.54) is 51.4 Å². The molecule has 0 aliphatic heterocycles. The zero-order valence-corrected chi connectivity index (χ0v) is 9.67.